The summed E-state index contributed by atoms with van der Waals surface area (Å²) >= 11 is -1.59. The maximum absolute atomic E-state index is 14.5. The fourth-order valence-corrected chi connectivity index (χ4v) is 3.49. The molecule has 0 aliphatic carbocycles. The van der Waals surface area contributed by atoms with Crippen LogP contribution in [0.1, 0.15) is 39.2 Å². The molecule has 5 nitrogen and oxygen atoms in total. The van der Waals surface area contributed by atoms with Crippen LogP contribution in [0.4, 0.5) is 8.78 Å². The standard InChI is InChI=1S/C16H21F2NO4S/c1-15(2,3)24(21)19-16(9-13(20)22-4)5-6-23-12-8-10(17)7-11(18)14(12)16/h7-8,19H,5-6,9H2,1-4H3/t16-,24+/m0/s1. The van der Waals surface area contributed by atoms with Crippen molar-refractivity contribution in [1.29, 1.82) is 0 Å². The van der Waals surface area contributed by atoms with Gasteiger partial charge in [-0.3, -0.25) is 4.79 Å². The van der Waals surface area contributed by atoms with Gasteiger partial charge in [-0.05, 0) is 20.8 Å². The molecule has 8 heteroatoms. The van der Waals surface area contributed by atoms with Gasteiger partial charge in [-0.25, -0.2) is 8.78 Å². The Morgan fingerprint density at radius 2 is 2.12 bits per heavy atom. The van der Waals surface area contributed by atoms with E-state index in [1.54, 1.807) is 20.8 Å². The molecule has 0 amide bonds. The number of carbonyl (C=O) groups excluding carboxylic acids is 1. The lowest BCUT2D eigenvalue weighted by Gasteiger charge is -2.40. The Morgan fingerprint density at radius 3 is 2.71 bits per heavy atom. The topological polar surface area (TPSA) is 70.6 Å². The molecule has 0 spiro atoms. The van der Waals surface area contributed by atoms with Crippen LogP contribution < -0.4 is 9.46 Å². The van der Waals surface area contributed by atoms with Crippen molar-refractivity contribution < 1.29 is 27.6 Å². The Hall–Kier alpha value is -1.38. The molecule has 2 rings (SSSR count). The number of nitrogens with one attached hydrogen (secondary N) is 1. The summed E-state index contributed by atoms with van der Waals surface area (Å²) in [4.78, 5) is 11.9. The summed E-state index contributed by atoms with van der Waals surface area (Å²) in [6.45, 7) is 5.39. The first kappa shape index (κ1) is 19.0. The third-order valence-corrected chi connectivity index (χ3v) is 5.49. The molecule has 1 aliphatic rings. The van der Waals surface area contributed by atoms with Crippen LogP contribution >= 0.6 is 0 Å². The fraction of sp³-hybridized carbons (Fsp3) is 0.562. The van der Waals surface area contributed by atoms with E-state index in [9.17, 15) is 18.1 Å². The molecule has 1 N–H and O–H groups in total. The van der Waals surface area contributed by atoms with E-state index >= 15 is 0 Å². The molecule has 1 aliphatic heterocycles. The quantitative estimate of drug-likeness (QED) is 0.659. The monoisotopic (exact) mass is 361 g/mol. The predicted octanol–water partition coefficient (Wildman–Crippen LogP) is 2.56. The summed E-state index contributed by atoms with van der Waals surface area (Å²) in [6.07, 6.45) is -0.0519. The predicted molar refractivity (Wildman–Crippen MR) is 85.8 cm³/mol. The van der Waals surface area contributed by atoms with Crippen LogP contribution in [-0.2, 0) is 26.4 Å². The Balaban J connectivity index is 2.55. The highest BCUT2D eigenvalue weighted by Crippen LogP contribution is 2.43. The zero-order chi connectivity index (χ0) is 18.1. The van der Waals surface area contributed by atoms with E-state index in [1.807, 2.05) is 0 Å². The van der Waals surface area contributed by atoms with Gasteiger partial charge in [-0.1, -0.05) is 0 Å². The highest BCUT2D eigenvalue weighted by Gasteiger charge is 2.48. The van der Waals surface area contributed by atoms with Gasteiger partial charge in [0.2, 0.25) is 0 Å². The van der Waals surface area contributed by atoms with Crippen molar-refractivity contribution in [3.8, 4) is 5.75 Å². The van der Waals surface area contributed by atoms with Gasteiger partial charge in [0.1, 0.15) is 27.7 Å². The van der Waals surface area contributed by atoms with E-state index < -0.39 is 39.3 Å². The van der Waals surface area contributed by atoms with Gasteiger partial charge in [0, 0.05) is 29.9 Å². The van der Waals surface area contributed by atoms with E-state index in [0.717, 1.165) is 12.1 Å². The van der Waals surface area contributed by atoms with Gasteiger partial charge in [0.05, 0.1) is 25.7 Å². The summed E-state index contributed by atoms with van der Waals surface area (Å²) in [6, 6.07) is 1.78. The van der Waals surface area contributed by atoms with Crippen LogP contribution in [0.5, 0.6) is 5.75 Å². The number of fused-ring (bicyclic) bond motifs is 1. The first-order valence-electron chi connectivity index (χ1n) is 7.48. The molecule has 0 bridgehead atoms. The molecule has 0 aromatic heterocycles. The largest absolute Gasteiger partial charge is 0.598 e. The van der Waals surface area contributed by atoms with Crippen LogP contribution in [0.2, 0.25) is 0 Å². The van der Waals surface area contributed by atoms with Gasteiger partial charge < -0.3 is 14.0 Å². The molecule has 24 heavy (non-hydrogen) atoms. The fourth-order valence-electron chi connectivity index (χ4n) is 2.55. The van der Waals surface area contributed by atoms with E-state index in [0.29, 0.717) is 0 Å². The number of hydrogen-bond acceptors (Lipinski definition) is 5. The van der Waals surface area contributed by atoms with Crippen LogP contribution in [0.15, 0.2) is 12.1 Å². The molecular weight excluding hydrogens is 340 g/mol. The number of ether oxygens (including phenoxy) is 2. The van der Waals surface area contributed by atoms with Crippen LogP contribution in [-0.4, -0.2) is 29.0 Å². The molecule has 0 unspecified atom stereocenters. The summed E-state index contributed by atoms with van der Waals surface area (Å²) < 4.78 is 52.9. The van der Waals surface area contributed by atoms with Crippen molar-refractivity contribution in [3.63, 3.8) is 0 Å². The first-order valence-corrected chi connectivity index (χ1v) is 8.63. The zero-order valence-corrected chi connectivity index (χ0v) is 14.9. The Kier molecular flexibility index (Phi) is 5.41. The smallest absolute Gasteiger partial charge is 0.307 e. The van der Waals surface area contributed by atoms with E-state index in [1.165, 1.54) is 7.11 Å². The summed E-state index contributed by atoms with van der Waals surface area (Å²) in [5, 5.41) is 0. The Bertz CT molecular complexity index is 635. The third kappa shape index (κ3) is 3.81. The first-order chi connectivity index (χ1) is 11.1. The lowest BCUT2D eigenvalue weighted by atomic mass is 9.82. The number of benzene rings is 1. The molecule has 1 heterocycles. The highest BCUT2D eigenvalue weighted by molar-refractivity contribution is 7.90. The number of halogens is 2. The average Bonchev–Trinajstić information content (AvgIpc) is 2.45. The van der Waals surface area contributed by atoms with Gasteiger partial charge in [-0.2, -0.15) is 0 Å². The molecule has 134 valence electrons. The number of rotatable bonds is 4. The van der Waals surface area contributed by atoms with Crippen LogP contribution in [0.3, 0.4) is 0 Å². The number of methoxy groups -OCH3 is 1. The highest BCUT2D eigenvalue weighted by atomic mass is 32.2. The SMILES string of the molecule is COC(=O)C[C@@]1(N[S@+]([O-])C(C)(C)C)CCOc2cc(F)cc(F)c21. The summed E-state index contributed by atoms with van der Waals surface area (Å²) in [5.74, 6) is -2.23. The van der Waals surface area contributed by atoms with Gasteiger partial charge >= 0.3 is 5.97 Å². The van der Waals surface area contributed by atoms with Crippen molar-refractivity contribution in [2.24, 2.45) is 0 Å². The van der Waals surface area contributed by atoms with E-state index in [2.05, 4.69) is 4.72 Å². The maximum Gasteiger partial charge on any atom is 0.307 e. The number of carbonyl (C=O) groups is 1. The van der Waals surface area contributed by atoms with Gasteiger partial charge in [0.25, 0.3) is 0 Å². The second-order valence-electron chi connectivity index (χ2n) is 6.68. The summed E-state index contributed by atoms with van der Waals surface area (Å²) in [5.41, 5.74) is -1.30. The lowest BCUT2D eigenvalue weighted by Crippen LogP contribution is -2.54. The van der Waals surface area contributed by atoms with Crippen molar-refractivity contribution in [2.75, 3.05) is 13.7 Å². The van der Waals surface area contributed by atoms with Gasteiger partial charge in [-0.15, -0.1) is 4.72 Å². The molecule has 2 atom stereocenters. The Morgan fingerprint density at radius 1 is 1.46 bits per heavy atom. The summed E-state index contributed by atoms with van der Waals surface area (Å²) in [7, 11) is 1.22. The molecular formula is C16H21F2NO4S. The maximum atomic E-state index is 14.5. The Labute approximate surface area is 143 Å². The van der Waals surface area contributed by atoms with E-state index in [4.69, 9.17) is 9.47 Å². The minimum atomic E-state index is -1.59. The molecule has 0 saturated heterocycles. The normalized spacial score (nSPS) is 21.6. The molecule has 1 aromatic carbocycles. The van der Waals surface area contributed by atoms with Crippen molar-refractivity contribution >= 4 is 17.3 Å². The third-order valence-electron chi connectivity index (χ3n) is 3.80. The molecule has 1 aromatic rings. The molecule has 0 saturated carbocycles. The zero-order valence-electron chi connectivity index (χ0n) is 14.1. The van der Waals surface area contributed by atoms with Crippen molar-refractivity contribution in [3.05, 3.63) is 29.3 Å². The average molecular weight is 361 g/mol. The van der Waals surface area contributed by atoms with Crippen LogP contribution in [0.25, 0.3) is 0 Å². The van der Waals surface area contributed by atoms with Crippen molar-refractivity contribution in [2.45, 2.75) is 43.9 Å². The molecule has 0 fully saturated rings. The molecule has 0 radical (unpaired) electrons. The number of hydrogen-bond donors (Lipinski definition) is 1. The lowest BCUT2D eigenvalue weighted by molar-refractivity contribution is -0.142. The minimum Gasteiger partial charge on any atom is -0.598 e. The second-order valence-corrected chi connectivity index (χ2v) is 8.64. The van der Waals surface area contributed by atoms with E-state index in [-0.39, 0.29) is 30.8 Å². The second kappa shape index (κ2) is 6.85. The van der Waals surface area contributed by atoms with Gasteiger partial charge in [0.15, 0.2) is 0 Å². The minimum absolute atomic E-state index is 0.000984. The van der Waals surface area contributed by atoms with Crippen LogP contribution in [0, 0.1) is 11.6 Å². The van der Waals surface area contributed by atoms with Crippen molar-refractivity contribution in [1.82, 2.24) is 4.72 Å². The number of esters is 1.